The van der Waals surface area contributed by atoms with Crippen LogP contribution in [-0.2, 0) is 0 Å². The second-order valence-electron chi connectivity index (χ2n) is 3.39. The van der Waals surface area contributed by atoms with Gasteiger partial charge in [-0.05, 0) is 31.9 Å². The first-order chi connectivity index (χ1) is 7.29. The van der Waals surface area contributed by atoms with E-state index in [9.17, 15) is 0 Å². The number of hydrogen-bond acceptors (Lipinski definition) is 3. The van der Waals surface area contributed by atoms with Crippen LogP contribution in [0.5, 0.6) is 0 Å². The topological polar surface area (TPSA) is 50.9 Å². The molecule has 1 heterocycles. The van der Waals surface area contributed by atoms with Crippen LogP contribution in [0, 0.1) is 18.8 Å². The summed E-state index contributed by atoms with van der Waals surface area (Å²) < 4.78 is 0. The zero-order valence-electron chi connectivity index (χ0n) is 9.25. The molecule has 15 heavy (non-hydrogen) atoms. The Morgan fingerprint density at radius 2 is 2.40 bits per heavy atom. The molecule has 0 saturated carbocycles. The molecular formula is C12H17N3. The number of pyridine rings is 1. The predicted molar refractivity (Wildman–Crippen MR) is 61.7 cm³/mol. The number of rotatable bonds is 4. The number of nitrogens with two attached hydrogens (primary N) is 1. The van der Waals surface area contributed by atoms with Crippen LogP contribution in [0.4, 0.5) is 0 Å². The zero-order valence-corrected chi connectivity index (χ0v) is 9.25. The van der Waals surface area contributed by atoms with E-state index >= 15 is 0 Å². The zero-order chi connectivity index (χ0) is 11.1. The van der Waals surface area contributed by atoms with Crippen molar-refractivity contribution in [3.05, 3.63) is 29.6 Å². The minimum Gasteiger partial charge on any atom is -0.271 e. The van der Waals surface area contributed by atoms with Gasteiger partial charge in [0, 0.05) is 12.6 Å². The van der Waals surface area contributed by atoms with Crippen molar-refractivity contribution >= 4 is 0 Å². The lowest BCUT2D eigenvalue weighted by Crippen LogP contribution is -2.29. The second kappa shape index (κ2) is 6.18. The lowest BCUT2D eigenvalue weighted by atomic mass is 10.0. The maximum atomic E-state index is 5.52. The van der Waals surface area contributed by atoms with Crippen LogP contribution in [0.2, 0.25) is 0 Å². The van der Waals surface area contributed by atoms with Crippen LogP contribution in [0.25, 0.3) is 0 Å². The molecule has 0 bridgehead atoms. The van der Waals surface area contributed by atoms with Crippen LogP contribution in [0.1, 0.15) is 37.1 Å². The van der Waals surface area contributed by atoms with Gasteiger partial charge in [-0.2, -0.15) is 0 Å². The molecule has 0 aliphatic rings. The van der Waals surface area contributed by atoms with Gasteiger partial charge in [0.1, 0.15) is 0 Å². The number of nitrogens with one attached hydrogen (secondary N) is 1. The van der Waals surface area contributed by atoms with E-state index in [0.29, 0.717) is 0 Å². The highest BCUT2D eigenvalue weighted by Gasteiger charge is 2.11. The van der Waals surface area contributed by atoms with Crippen molar-refractivity contribution in [2.45, 2.75) is 32.7 Å². The van der Waals surface area contributed by atoms with Gasteiger partial charge < -0.3 is 0 Å². The third kappa shape index (κ3) is 3.35. The number of nitrogens with zero attached hydrogens (tertiary/aromatic N) is 1. The van der Waals surface area contributed by atoms with Crippen LogP contribution in [-0.4, -0.2) is 4.98 Å². The Bertz CT molecular complexity index is 363. The Morgan fingerprint density at radius 1 is 1.60 bits per heavy atom. The number of hydrazine groups is 1. The molecule has 3 nitrogen and oxygen atoms in total. The monoisotopic (exact) mass is 203 g/mol. The van der Waals surface area contributed by atoms with Crippen molar-refractivity contribution < 1.29 is 0 Å². The van der Waals surface area contributed by atoms with E-state index in [1.165, 1.54) is 0 Å². The average molecular weight is 203 g/mol. The Labute approximate surface area is 91.1 Å². The van der Waals surface area contributed by atoms with E-state index in [1.807, 2.05) is 26.0 Å². The van der Waals surface area contributed by atoms with Gasteiger partial charge in [0.05, 0.1) is 11.7 Å². The molecule has 0 amide bonds. The highest BCUT2D eigenvalue weighted by Crippen LogP contribution is 2.18. The highest BCUT2D eigenvalue weighted by molar-refractivity contribution is 5.21. The fraction of sp³-hybridized carbons (Fsp3) is 0.417. The summed E-state index contributed by atoms with van der Waals surface area (Å²) in [6, 6.07) is 4.06. The summed E-state index contributed by atoms with van der Waals surface area (Å²) in [6.07, 6.45) is 3.51. The summed E-state index contributed by atoms with van der Waals surface area (Å²) >= 11 is 0. The Morgan fingerprint density at radius 3 is 3.00 bits per heavy atom. The minimum atomic E-state index is 0.0899. The predicted octanol–water partition coefficient (Wildman–Crippen LogP) is 1.70. The van der Waals surface area contributed by atoms with Crippen molar-refractivity contribution in [1.82, 2.24) is 10.4 Å². The van der Waals surface area contributed by atoms with Gasteiger partial charge >= 0.3 is 0 Å². The van der Waals surface area contributed by atoms with Gasteiger partial charge in [0.15, 0.2) is 0 Å². The summed E-state index contributed by atoms with van der Waals surface area (Å²) in [7, 11) is 0. The van der Waals surface area contributed by atoms with Gasteiger partial charge in [-0.3, -0.25) is 16.3 Å². The fourth-order valence-corrected chi connectivity index (χ4v) is 1.50. The molecule has 0 fully saturated rings. The number of hydrogen-bond donors (Lipinski definition) is 2. The van der Waals surface area contributed by atoms with E-state index in [1.54, 1.807) is 6.20 Å². The molecule has 1 rings (SSSR count). The molecule has 1 unspecified atom stereocenters. The first-order valence-corrected chi connectivity index (χ1v) is 5.06. The van der Waals surface area contributed by atoms with E-state index < -0.39 is 0 Å². The normalized spacial score (nSPS) is 11.7. The molecule has 0 aliphatic carbocycles. The molecule has 80 valence electrons. The Balaban J connectivity index is 2.72. The summed E-state index contributed by atoms with van der Waals surface area (Å²) in [6.45, 7) is 3.88. The lowest BCUT2D eigenvalue weighted by Gasteiger charge is -2.15. The Hall–Kier alpha value is -1.37. The Kier molecular flexibility index (Phi) is 4.82. The van der Waals surface area contributed by atoms with Gasteiger partial charge in [-0.25, -0.2) is 0 Å². The van der Waals surface area contributed by atoms with Crippen molar-refractivity contribution in [1.29, 1.82) is 0 Å². The molecule has 0 aromatic carbocycles. The first-order valence-electron chi connectivity index (χ1n) is 5.06. The first kappa shape index (κ1) is 11.7. The molecule has 0 aliphatic heterocycles. The molecular weight excluding hydrogens is 186 g/mol. The molecule has 1 aromatic rings. The summed E-state index contributed by atoms with van der Waals surface area (Å²) in [5.41, 5.74) is 4.96. The van der Waals surface area contributed by atoms with E-state index in [4.69, 9.17) is 5.84 Å². The summed E-state index contributed by atoms with van der Waals surface area (Å²) in [5.74, 6) is 11.4. The third-order valence-electron chi connectivity index (χ3n) is 2.32. The van der Waals surface area contributed by atoms with Crippen molar-refractivity contribution in [3.63, 3.8) is 0 Å². The van der Waals surface area contributed by atoms with Gasteiger partial charge in [-0.15, -0.1) is 11.8 Å². The average Bonchev–Trinajstić information content (AvgIpc) is 2.26. The van der Waals surface area contributed by atoms with Crippen molar-refractivity contribution in [3.8, 4) is 11.8 Å². The van der Waals surface area contributed by atoms with Gasteiger partial charge in [0.25, 0.3) is 0 Å². The van der Waals surface area contributed by atoms with E-state index in [2.05, 4.69) is 22.3 Å². The quantitative estimate of drug-likeness (QED) is 0.445. The summed E-state index contributed by atoms with van der Waals surface area (Å²) in [5, 5.41) is 0. The lowest BCUT2D eigenvalue weighted by molar-refractivity contribution is 0.509. The SMILES string of the molecule is CC#CCCC(NN)c1ncccc1C. The molecule has 0 radical (unpaired) electrons. The fourth-order valence-electron chi connectivity index (χ4n) is 1.50. The van der Waals surface area contributed by atoms with Crippen molar-refractivity contribution in [2.24, 2.45) is 5.84 Å². The molecule has 3 N–H and O–H groups in total. The number of aryl methyl sites for hydroxylation is 1. The third-order valence-corrected chi connectivity index (χ3v) is 2.32. The standard InChI is InChI=1S/C12H17N3/c1-3-4-5-8-11(15-13)12-10(2)7-6-9-14-12/h6-7,9,11,15H,5,8,13H2,1-2H3. The minimum absolute atomic E-state index is 0.0899. The molecule has 0 saturated heterocycles. The van der Waals surface area contributed by atoms with E-state index in [-0.39, 0.29) is 6.04 Å². The smallest absolute Gasteiger partial charge is 0.0643 e. The van der Waals surface area contributed by atoms with Crippen LogP contribution in [0.3, 0.4) is 0 Å². The maximum Gasteiger partial charge on any atom is 0.0643 e. The van der Waals surface area contributed by atoms with Gasteiger partial charge in [-0.1, -0.05) is 6.07 Å². The molecule has 1 atom stereocenters. The maximum absolute atomic E-state index is 5.52. The van der Waals surface area contributed by atoms with Crippen LogP contribution < -0.4 is 11.3 Å². The number of aromatic nitrogens is 1. The van der Waals surface area contributed by atoms with Crippen LogP contribution in [0.15, 0.2) is 18.3 Å². The second-order valence-corrected chi connectivity index (χ2v) is 3.39. The van der Waals surface area contributed by atoms with Crippen molar-refractivity contribution in [2.75, 3.05) is 0 Å². The van der Waals surface area contributed by atoms with Gasteiger partial charge in [0.2, 0.25) is 0 Å². The highest BCUT2D eigenvalue weighted by atomic mass is 15.2. The molecule has 3 heteroatoms. The van der Waals surface area contributed by atoms with Crippen LogP contribution >= 0.6 is 0 Å². The van der Waals surface area contributed by atoms with E-state index in [0.717, 1.165) is 24.1 Å². The molecule has 0 spiro atoms. The molecule has 1 aromatic heterocycles. The largest absolute Gasteiger partial charge is 0.271 e. The summed E-state index contributed by atoms with van der Waals surface area (Å²) in [4.78, 5) is 4.34.